The summed E-state index contributed by atoms with van der Waals surface area (Å²) < 4.78 is 5.06. The van der Waals surface area contributed by atoms with Crippen molar-refractivity contribution >= 4 is 29.1 Å². The molecule has 1 atom stereocenters. The van der Waals surface area contributed by atoms with Crippen molar-refractivity contribution in [2.24, 2.45) is 10.2 Å². The SMILES string of the molecule is COc1cc(/C=N\N=C2/NC(=O)[C@H](Cc3ccc(C)c(C)c3)S2)ccc1O. The highest BCUT2D eigenvalue weighted by atomic mass is 32.2. The van der Waals surface area contributed by atoms with E-state index >= 15 is 0 Å². The molecule has 1 aliphatic heterocycles. The molecule has 0 spiro atoms. The van der Waals surface area contributed by atoms with E-state index in [1.807, 2.05) is 0 Å². The second kappa shape index (κ2) is 8.26. The van der Waals surface area contributed by atoms with E-state index in [1.165, 1.54) is 36.1 Å². The van der Waals surface area contributed by atoms with E-state index in [9.17, 15) is 9.90 Å². The van der Waals surface area contributed by atoms with E-state index in [4.69, 9.17) is 4.74 Å². The van der Waals surface area contributed by atoms with Crippen LogP contribution in [0.4, 0.5) is 0 Å². The Morgan fingerprint density at radius 2 is 2.04 bits per heavy atom. The number of aryl methyl sites for hydroxylation is 2. The molecule has 140 valence electrons. The molecule has 0 aliphatic carbocycles. The van der Waals surface area contributed by atoms with E-state index in [-0.39, 0.29) is 16.9 Å². The number of hydrogen-bond donors (Lipinski definition) is 2. The summed E-state index contributed by atoms with van der Waals surface area (Å²) in [5, 5.41) is 20.7. The van der Waals surface area contributed by atoms with Crippen LogP contribution in [0, 0.1) is 13.8 Å². The van der Waals surface area contributed by atoms with Gasteiger partial charge in [-0.25, -0.2) is 0 Å². The highest BCUT2D eigenvalue weighted by molar-refractivity contribution is 8.15. The van der Waals surface area contributed by atoms with Gasteiger partial charge in [-0.1, -0.05) is 30.0 Å². The highest BCUT2D eigenvalue weighted by Crippen LogP contribution is 2.26. The molecule has 3 rings (SSSR count). The van der Waals surface area contributed by atoms with Gasteiger partial charge in [0.15, 0.2) is 16.7 Å². The van der Waals surface area contributed by atoms with Crippen LogP contribution in [0.5, 0.6) is 11.5 Å². The number of rotatable bonds is 5. The molecule has 0 saturated carbocycles. The first-order valence-electron chi connectivity index (χ1n) is 8.48. The third-order valence-electron chi connectivity index (χ3n) is 4.33. The number of hydrogen-bond acceptors (Lipinski definition) is 6. The van der Waals surface area contributed by atoms with Gasteiger partial charge in [-0.05, 0) is 60.7 Å². The second-order valence-electron chi connectivity index (χ2n) is 6.30. The number of carbonyl (C=O) groups excluding carboxylic acids is 1. The van der Waals surface area contributed by atoms with E-state index in [0.717, 1.165) is 11.1 Å². The van der Waals surface area contributed by atoms with Gasteiger partial charge in [-0.2, -0.15) is 5.10 Å². The Hall–Kier alpha value is -2.80. The number of thioether (sulfide) groups is 1. The van der Waals surface area contributed by atoms with Crippen LogP contribution in [0.1, 0.15) is 22.3 Å². The summed E-state index contributed by atoms with van der Waals surface area (Å²) in [6.45, 7) is 4.14. The van der Waals surface area contributed by atoms with Gasteiger partial charge in [0.25, 0.3) is 0 Å². The standard InChI is InChI=1S/C20H21N3O3S/c1-12-4-5-14(8-13(12)2)10-18-19(25)22-20(27-18)23-21-11-15-6-7-16(24)17(9-15)26-3/h4-9,11,18,24H,10H2,1-3H3,(H,22,23,25)/b21-11-/t18-/m0/s1. The average molecular weight is 383 g/mol. The quantitative estimate of drug-likeness (QED) is 0.614. The van der Waals surface area contributed by atoms with Crippen molar-refractivity contribution in [3.8, 4) is 11.5 Å². The summed E-state index contributed by atoms with van der Waals surface area (Å²) in [4.78, 5) is 12.2. The largest absolute Gasteiger partial charge is 0.504 e. The molecular formula is C20H21N3O3S. The first-order chi connectivity index (χ1) is 13.0. The number of carbonyl (C=O) groups is 1. The Balaban J connectivity index is 1.65. The zero-order valence-electron chi connectivity index (χ0n) is 15.4. The molecule has 7 heteroatoms. The molecular weight excluding hydrogens is 362 g/mol. The molecule has 0 bridgehead atoms. The highest BCUT2D eigenvalue weighted by Gasteiger charge is 2.30. The summed E-state index contributed by atoms with van der Waals surface area (Å²) in [6.07, 6.45) is 2.19. The van der Waals surface area contributed by atoms with E-state index < -0.39 is 0 Å². The first kappa shape index (κ1) is 19.0. The van der Waals surface area contributed by atoms with Crippen LogP contribution in [-0.4, -0.2) is 34.8 Å². The van der Waals surface area contributed by atoms with Gasteiger partial charge in [-0.3, -0.25) is 4.79 Å². The molecule has 2 aromatic carbocycles. The minimum atomic E-state index is -0.213. The normalized spacial score (nSPS) is 18.3. The molecule has 2 N–H and O–H groups in total. The van der Waals surface area contributed by atoms with Crippen LogP contribution >= 0.6 is 11.8 Å². The predicted molar refractivity (Wildman–Crippen MR) is 109 cm³/mol. The lowest BCUT2D eigenvalue weighted by atomic mass is 10.0. The monoisotopic (exact) mass is 383 g/mol. The number of methoxy groups -OCH3 is 1. The number of nitrogens with one attached hydrogen (secondary N) is 1. The smallest absolute Gasteiger partial charge is 0.239 e. The van der Waals surface area contributed by atoms with E-state index in [1.54, 1.807) is 18.3 Å². The lowest BCUT2D eigenvalue weighted by Crippen LogP contribution is -2.25. The zero-order chi connectivity index (χ0) is 19.4. The van der Waals surface area contributed by atoms with Crippen molar-refractivity contribution in [2.45, 2.75) is 25.5 Å². The fourth-order valence-corrected chi connectivity index (χ4v) is 3.62. The lowest BCUT2D eigenvalue weighted by Gasteiger charge is -2.07. The minimum Gasteiger partial charge on any atom is -0.504 e. The summed E-state index contributed by atoms with van der Waals surface area (Å²) >= 11 is 1.38. The van der Waals surface area contributed by atoms with Crippen LogP contribution in [0.15, 0.2) is 46.6 Å². The molecule has 1 aliphatic rings. The molecule has 6 nitrogen and oxygen atoms in total. The van der Waals surface area contributed by atoms with Crippen molar-refractivity contribution < 1.29 is 14.6 Å². The molecule has 0 radical (unpaired) electrons. The molecule has 0 aromatic heterocycles. The molecule has 0 unspecified atom stereocenters. The van der Waals surface area contributed by atoms with E-state index in [2.05, 4.69) is 47.6 Å². The molecule has 1 heterocycles. The van der Waals surface area contributed by atoms with Gasteiger partial charge in [0, 0.05) is 0 Å². The Morgan fingerprint density at radius 1 is 1.22 bits per heavy atom. The molecule has 27 heavy (non-hydrogen) atoms. The van der Waals surface area contributed by atoms with Crippen LogP contribution in [0.25, 0.3) is 0 Å². The van der Waals surface area contributed by atoms with Crippen LogP contribution in [-0.2, 0) is 11.2 Å². The van der Waals surface area contributed by atoms with Gasteiger partial charge < -0.3 is 15.2 Å². The summed E-state index contributed by atoms with van der Waals surface area (Å²) in [7, 11) is 1.48. The zero-order valence-corrected chi connectivity index (χ0v) is 16.2. The fourth-order valence-electron chi connectivity index (χ4n) is 2.65. The predicted octanol–water partition coefficient (Wildman–Crippen LogP) is 3.18. The first-order valence-corrected chi connectivity index (χ1v) is 9.36. The number of aromatic hydroxyl groups is 1. The number of benzene rings is 2. The van der Waals surface area contributed by atoms with Crippen molar-refractivity contribution in [3.63, 3.8) is 0 Å². The number of phenolic OH excluding ortho intramolecular Hbond substituents is 1. The maximum absolute atomic E-state index is 12.2. The van der Waals surface area contributed by atoms with Gasteiger partial charge in [-0.15, -0.1) is 5.10 Å². The maximum atomic E-state index is 12.2. The molecule has 1 saturated heterocycles. The van der Waals surface area contributed by atoms with Crippen molar-refractivity contribution in [2.75, 3.05) is 7.11 Å². The summed E-state index contributed by atoms with van der Waals surface area (Å²) in [5.74, 6) is 0.371. The minimum absolute atomic E-state index is 0.0570. The Labute approximate surface area is 162 Å². The second-order valence-corrected chi connectivity index (χ2v) is 7.49. The molecule has 2 aromatic rings. The molecule has 1 fully saturated rings. The topological polar surface area (TPSA) is 83.3 Å². The maximum Gasteiger partial charge on any atom is 0.239 e. The summed E-state index contributed by atoms with van der Waals surface area (Å²) in [6, 6.07) is 11.1. The van der Waals surface area contributed by atoms with E-state index in [0.29, 0.717) is 17.3 Å². The Bertz CT molecular complexity index is 925. The lowest BCUT2D eigenvalue weighted by molar-refractivity contribution is -0.118. The van der Waals surface area contributed by atoms with Crippen LogP contribution in [0.2, 0.25) is 0 Å². The van der Waals surface area contributed by atoms with Gasteiger partial charge in [0.1, 0.15) is 0 Å². The number of amides is 1. The van der Waals surface area contributed by atoms with Crippen LogP contribution < -0.4 is 10.1 Å². The number of phenols is 1. The van der Waals surface area contributed by atoms with Gasteiger partial charge in [0.05, 0.1) is 18.6 Å². The summed E-state index contributed by atoms with van der Waals surface area (Å²) in [5.41, 5.74) is 4.32. The third kappa shape index (κ3) is 4.68. The van der Waals surface area contributed by atoms with Crippen LogP contribution in [0.3, 0.4) is 0 Å². The Kier molecular flexibility index (Phi) is 5.81. The van der Waals surface area contributed by atoms with Crippen molar-refractivity contribution in [3.05, 3.63) is 58.7 Å². The molecule has 1 amide bonds. The number of amidine groups is 1. The average Bonchev–Trinajstić information content (AvgIpc) is 2.99. The Morgan fingerprint density at radius 3 is 2.78 bits per heavy atom. The van der Waals surface area contributed by atoms with Crippen molar-refractivity contribution in [1.82, 2.24) is 5.32 Å². The third-order valence-corrected chi connectivity index (χ3v) is 5.40. The number of ether oxygens (including phenoxy) is 1. The van der Waals surface area contributed by atoms with Gasteiger partial charge >= 0.3 is 0 Å². The number of nitrogens with zero attached hydrogens (tertiary/aromatic N) is 2. The van der Waals surface area contributed by atoms with Gasteiger partial charge in [0.2, 0.25) is 5.91 Å². The van der Waals surface area contributed by atoms with Crippen molar-refractivity contribution in [1.29, 1.82) is 0 Å². The fraction of sp³-hybridized carbons (Fsp3) is 0.250.